The highest BCUT2D eigenvalue weighted by Gasteiger charge is 2.25. The van der Waals surface area contributed by atoms with Crippen LogP contribution in [0.2, 0.25) is 5.02 Å². The summed E-state index contributed by atoms with van der Waals surface area (Å²) in [5.74, 6) is 1.73. The molecular formula is C17H22ClNO. The van der Waals surface area contributed by atoms with Gasteiger partial charge in [0.2, 0.25) is 0 Å². The Balaban J connectivity index is 1.89. The second kappa shape index (κ2) is 6.19. The summed E-state index contributed by atoms with van der Waals surface area (Å²) < 4.78 is 6.05. The van der Waals surface area contributed by atoms with E-state index in [9.17, 15) is 0 Å². The Labute approximate surface area is 125 Å². The van der Waals surface area contributed by atoms with Crippen molar-refractivity contribution in [2.75, 3.05) is 7.05 Å². The molecule has 0 bridgehead atoms. The second-order valence-electron chi connectivity index (χ2n) is 5.85. The first kappa shape index (κ1) is 14.0. The maximum absolute atomic E-state index is 6.05. The Kier molecular flexibility index (Phi) is 4.32. The summed E-state index contributed by atoms with van der Waals surface area (Å²) in [6, 6.07) is 8.29. The van der Waals surface area contributed by atoms with E-state index < -0.39 is 0 Å². The predicted molar refractivity (Wildman–Crippen MR) is 84.2 cm³/mol. The van der Waals surface area contributed by atoms with Crippen LogP contribution < -0.4 is 5.32 Å². The molecule has 108 valence electrons. The van der Waals surface area contributed by atoms with Gasteiger partial charge in [0.25, 0.3) is 0 Å². The molecule has 2 aromatic rings. The van der Waals surface area contributed by atoms with Gasteiger partial charge in [0.15, 0.2) is 0 Å². The van der Waals surface area contributed by atoms with E-state index in [2.05, 4.69) is 11.4 Å². The molecule has 1 aromatic heterocycles. The van der Waals surface area contributed by atoms with Crippen LogP contribution >= 0.6 is 11.6 Å². The van der Waals surface area contributed by atoms with Gasteiger partial charge in [-0.15, -0.1) is 0 Å². The fraction of sp³-hybridized carbons (Fsp3) is 0.529. The van der Waals surface area contributed by atoms with Crippen LogP contribution in [0.4, 0.5) is 0 Å². The first-order valence-electron chi connectivity index (χ1n) is 7.64. The summed E-state index contributed by atoms with van der Waals surface area (Å²) in [7, 11) is 2.04. The van der Waals surface area contributed by atoms with Crippen molar-refractivity contribution < 1.29 is 4.42 Å². The summed E-state index contributed by atoms with van der Waals surface area (Å²) >= 11 is 6.05. The van der Waals surface area contributed by atoms with Gasteiger partial charge in [-0.2, -0.15) is 0 Å². The summed E-state index contributed by atoms with van der Waals surface area (Å²) in [4.78, 5) is 0. The maximum Gasteiger partial charge on any atom is 0.134 e. The summed E-state index contributed by atoms with van der Waals surface area (Å²) in [5, 5.41) is 5.33. The molecule has 0 saturated heterocycles. The summed E-state index contributed by atoms with van der Waals surface area (Å²) in [5.41, 5.74) is 0.929. The van der Waals surface area contributed by atoms with Crippen LogP contribution in [-0.4, -0.2) is 7.05 Å². The quantitative estimate of drug-likeness (QED) is 0.775. The third kappa shape index (κ3) is 2.87. The first-order valence-corrected chi connectivity index (χ1v) is 8.02. The molecule has 0 aliphatic heterocycles. The van der Waals surface area contributed by atoms with Gasteiger partial charge in [-0.05, 0) is 50.1 Å². The van der Waals surface area contributed by atoms with Gasteiger partial charge < -0.3 is 9.73 Å². The average molecular weight is 292 g/mol. The van der Waals surface area contributed by atoms with Crippen LogP contribution in [0.15, 0.2) is 28.7 Å². The molecule has 20 heavy (non-hydrogen) atoms. The van der Waals surface area contributed by atoms with Gasteiger partial charge in [-0.3, -0.25) is 0 Å². The fourth-order valence-corrected chi connectivity index (χ4v) is 3.62. The highest BCUT2D eigenvalue weighted by molar-refractivity contribution is 6.31. The number of hydrogen-bond donors (Lipinski definition) is 1. The highest BCUT2D eigenvalue weighted by atomic mass is 35.5. The van der Waals surface area contributed by atoms with Gasteiger partial charge >= 0.3 is 0 Å². The smallest absolute Gasteiger partial charge is 0.134 e. The molecule has 2 nitrogen and oxygen atoms in total. The maximum atomic E-state index is 6.05. The molecule has 1 N–H and O–H groups in total. The minimum Gasteiger partial charge on any atom is -0.459 e. The van der Waals surface area contributed by atoms with Gasteiger partial charge in [-0.25, -0.2) is 0 Å². The van der Waals surface area contributed by atoms with Gasteiger partial charge in [0.1, 0.15) is 11.3 Å². The Morgan fingerprint density at radius 1 is 1.15 bits per heavy atom. The van der Waals surface area contributed by atoms with Crippen LogP contribution in [0, 0.1) is 5.92 Å². The number of fused-ring (bicyclic) bond motifs is 1. The lowest BCUT2D eigenvalue weighted by Gasteiger charge is -2.23. The number of benzene rings is 1. The van der Waals surface area contributed by atoms with Crippen molar-refractivity contribution in [3.05, 3.63) is 35.0 Å². The molecule has 0 amide bonds. The van der Waals surface area contributed by atoms with E-state index in [1.54, 1.807) is 0 Å². The molecule has 1 unspecified atom stereocenters. The third-order valence-electron chi connectivity index (χ3n) is 4.49. The van der Waals surface area contributed by atoms with Crippen molar-refractivity contribution in [3.8, 4) is 0 Å². The van der Waals surface area contributed by atoms with Crippen molar-refractivity contribution in [2.24, 2.45) is 5.92 Å². The number of furan rings is 1. The molecule has 1 heterocycles. The largest absolute Gasteiger partial charge is 0.459 e. The molecule has 1 aromatic carbocycles. The zero-order chi connectivity index (χ0) is 13.9. The standard InChI is InChI=1S/C17H22ClNO/c1-19-17(12-6-4-2-3-5-7-12)16-11-13-10-14(18)8-9-15(13)20-16/h8-12,17,19H,2-7H2,1H3. The van der Waals surface area contributed by atoms with Crippen molar-refractivity contribution in [3.63, 3.8) is 0 Å². The molecule has 3 rings (SSSR count). The monoisotopic (exact) mass is 291 g/mol. The topological polar surface area (TPSA) is 25.2 Å². The second-order valence-corrected chi connectivity index (χ2v) is 6.29. The van der Waals surface area contributed by atoms with E-state index in [4.69, 9.17) is 16.0 Å². The van der Waals surface area contributed by atoms with Gasteiger partial charge in [0, 0.05) is 10.4 Å². The summed E-state index contributed by atoms with van der Waals surface area (Å²) in [6.07, 6.45) is 8.03. The summed E-state index contributed by atoms with van der Waals surface area (Å²) in [6.45, 7) is 0. The zero-order valence-electron chi connectivity index (χ0n) is 12.0. The zero-order valence-corrected chi connectivity index (χ0v) is 12.7. The van der Waals surface area contributed by atoms with Crippen molar-refractivity contribution >= 4 is 22.6 Å². The number of nitrogens with one attached hydrogen (secondary N) is 1. The van der Waals surface area contributed by atoms with Crippen LogP contribution in [0.1, 0.15) is 50.3 Å². The van der Waals surface area contributed by atoms with Crippen LogP contribution in [-0.2, 0) is 0 Å². The molecule has 0 spiro atoms. The highest BCUT2D eigenvalue weighted by Crippen LogP contribution is 2.36. The van der Waals surface area contributed by atoms with E-state index in [1.807, 2.05) is 25.2 Å². The molecule has 3 heteroatoms. The van der Waals surface area contributed by atoms with Crippen LogP contribution in [0.25, 0.3) is 11.0 Å². The Hall–Kier alpha value is -0.990. The first-order chi connectivity index (χ1) is 9.78. The molecule has 0 radical (unpaired) electrons. The average Bonchev–Trinajstić information content (AvgIpc) is 2.67. The van der Waals surface area contributed by atoms with Crippen molar-refractivity contribution in [1.29, 1.82) is 0 Å². The Morgan fingerprint density at radius 2 is 1.90 bits per heavy atom. The molecule has 1 aliphatic rings. The SMILES string of the molecule is CNC(c1cc2cc(Cl)ccc2o1)C1CCCCCC1. The van der Waals surface area contributed by atoms with E-state index >= 15 is 0 Å². The Bertz CT molecular complexity index is 569. The minimum absolute atomic E-state index is 0.319. The van der Waals surface area contributed by atoms with E-state index in [-0.39, 0.29) is 0 Å². The van der Waals surface area contributed by atoms with Gasteiger partial charge in [-0.1, -0.05) is 37.3 Å². The van der Waals surface area contributed by atoms with E-state index in [0.29, 0.717) is 12.0 Å². The lowest BCUT2D eigenvalue weighted by atomic mass is 9.90. The van der Waals surface area contributed by atoms with Crippen LogP contribution in [0.5, 0.6) is 0 Å². The normalized spacial score (nSPS) is 19.1. The number of rotatable bonds is 3. The molecule has 1 fully saturated rings. The molecular weight excluding hydrogens is 270 g/mol. The van der Waals surface area contributed by atoms with E-state index in [0.717, 1.165) is 21.8 Å². The molecule has 1 saturated carbocycles. The van der Waals surface area contributed by atoms with Crippen molar-refractivity contribution in [1.82, 2.24) is 5.32 Å². The fourth-order valence-electron chi connectivity index (χ4n) is 3.44. The molecule has 1 aliphatic carbocycles. The van der Waals surface area contributed by atoms with Gasteiger partial charge in [0.05, 0.1) is 6.04 Å². The van der Waals surface area contributed by atoms with Crippen molar-refractivity contribution in [2.45, 2.75) is 44.6 Å². The lowest BCUT2D eigenvalue weighted by Crippen LogP contribution is -2.24. The Morgan fingerprint density at radius 3 is 2.60 bits per heavy atom. The van der Waals surface area contributed by atoms with E-state index in [1.165, 1.54) is 38.5 Å². The third-order valence-corrected chi connectivity index (χ3v) is 4.72. The predicted octanol–water partition coefficient (Wildman–Crippen LogP) is 5.32. The molecule has 1 atom stereocenters. The number of hydrogen-bond acceptors (Lipinski definition) is 2. The van der Waals surface area contributed by atoms with Crippen LogP contribution in [0.3, 0.4) is 0 Å². The lowest BCUT2D eigenvalue weighted by molar-refractivity contribution is 0.302. The number of halogens is 1. The minimum atomic E-state index is 0.319.